The lowest BCUT2D eigenvalue weighted by atomic mass is 10.1. The minimum Gasteiger partial charge on any atom is -0.481 e. The zero-order chi connectivity index (χ0) is 19.0. The minimum absolute atomic E-state index is 0.113. The molecule has 1 aliphatic rings. The predicted molar refractivity (Wildman–Crippen MR) is 92.1 cm³/mol. The summed E-state index contributed by atoms with van der Waals surface area (Å²) < 4.78 is 0. The number of carbonyl (C=O) groups excluding carboxylic acids is 2. The van der Waals surface area contributed by atoms with Crippen LogP contribution in [0, 0.1) is 0 Å². The third-order valence-corrected chi connectivity index (χ3v) is 4.70. The molecule has 9 nitrogen and oxygen atoms in total. The fourth-order valence-corrected chi connectivity index (χ4v) is 3.16. The predicted octanol–water partition coefficient (Wildman–Crippen LogP) is -0.508. The molecular formula is C15H25N3O6S. The number of rotatable bonds is 10. The van der Waals surface area contributed by atoms with Gasteiger partial charge < -0.3 is 26.2 Å². The van der Waals surface area contributed by atoms with Crippen LogP contribution in [-0.4, -0.2) is 75.5 Å². The van der Waals surface area contributed by atoms with Crippen LogP contribution in [0.15, 0.2) is 0 Å². The number of nitrogens with two attached hydrogens (primary N) is 1. The maximum atomic E-state index is 12.7. The highest BCUT2D eigenvalue weighted by Crippen LogP contribution is 2.19. The van der Waals surface area contributed by atoms with E-state index in [9.17, 15) is 24.3 Å². The average Bonchev–Trinajstić information content (AvgIpc) is 3.05. The van der Waals surface area contributed by atoms with Gasteiger partial charge in [-0.2, -0.15) is 11.8 Å². The number of likely N-dealkylation sites (tertiary alicyclic amines) is 1. The number of amides is 2. The Hall–Kier alpha value is -1.81. The first-order valence-electron chi connectivity index (χ1n) is 8.07. The van der Waals surface area contributed by atoms with Crippen molar-refractivity contribution in [3.63, 3.8) is 0 Å². The number of aliphatic carboxylic acids is 2. The summed E-state index contributed by atoms with van der Waals surface area (Å²) in [6.07, 6.45) is 2.77. The van der Waals surface area contributed by atoms with Gasteiger partial charge in [-0.25, -0.2) is 4.79 Å². The standard InChI is InChI=1S/C15H25N3O6S/c1-25-8-6-9(16)13(21)17-10(4-5-12(19)20)14(22)18-7-2-3-11(18)15(23)24/h9-11H,2-8,16H2,1H3,(H,17,21)(H,19,20)(H,23,24)/t9-,10-,11+/m0/s1. The molecule has 0 aromatic heterocycles. The van der Waals surface area contributed by atoms with Crippen molar-refractivity contribution < 1.29 is 29.4 Å². The number of carboxylic acid groups (broad SMARTS) is 2. The summed E-state index contributed by atoms with van der Waals surface area (Å²) in [5.41, 5.74) is 5.78. The van der Waals surface area contributed by atoms with Crippen molar-refractivity contribution in [2.45, 2.75) is 50.2 Å². The number of thioether (sulfide) groups is 1. The summed E-state index contributed by atoms with van der Waals surface area (Å²) in [6, 6.07) is -2.84. The Morgan fingerprint density at radius 1 is 1.28 bits per heavy atom. The smallest absolute Gasteiger partial charge is 0.326 e. The van der Waals surface area contributed by atoms with E-state index < -0.39 is 41.9 Å². The van der Waals surface area contributed by atoms with E-state index in [0.29, 0.717) is 25.0 Å². The second-order valence-electron chi connectivity index (χ2n) is 5.91. The van der Waals surface area contributed by atoms with E-state index in [1.54, 1.807) is 0 Å². The van der Waals surface area contributed by atoms with Crippen molar-refractivity contribution in [3.05, 3.63) is 0 Å². The number of hydrogen-bond acceptors (Lipinski definition) is 6. The molecule has 1 aliphatic heterocycles. The molecule has 25 heavy (non-hydrogen) atoms. The Morgan fingerprint density at radius 2 is 1.96 bits per heavy atom. The second-order valence-corrected chi connectivity index (χ2v) is 6.90. The van der Waals surface area contributed by atoms with Crippen molar-refractivity contribution in [1.82, 2.24) is 10.2 Å². The molecule has 142 valence electrons. The number of nitrogens with one attached hydrogen (secondary N) is 1. The van der Waals surface area contributed by atoms with E-state index in [2.05, 4.69) is 5.32 Å². The molecule has 0 saturated carbocycles. The normalized spacial score (nSPS) is 19.3. The SMILES string of the molecule is CSCC[C@H](N)C(=O)N[C@@H](CCC(=O)O)C(=O)N1CCC[C@@H]1C(=O)O. The molecule has 0 aliphatic carbocycles. The fraction of sp³-hybridized carbons (Fsp3) is 0.733. The van der Waals surface area contributed by atoms with E-state index in [1.807, 2.05) is 6.26 Å². The van der Waals surface area contributed by atoms with E-state index in [1.165, 1.54) is 16.7 Å². The van der Waals surface area contributed by atoms with Crippen LogP contribution >= 0.6 is 11.8 Å². The number of carbonyl (C=O) groups is 4. The van der Waals surface area contributed by atoms with Gasteiger partial charge in [0, 0.05) is 13.0 Å². The second kappa shape index (κ2) is 10.2. The molecule has 1 fully saturated rings. The van der Waals surface area contributed by atoms with Crippen LogP contribution < -0.4 is 11.1 Å². The summed E-state index contributed by atoms with van der Waals surface area (Å²) in [5, 5.41) is 20.5. The lowest BCUT2D eigenvalue weighted by molar-refractivity contribution is -0.150. The Labute approximate surface area is 150 Å². The first-order valence-corrected chi connectivity index (χ1v) is 9.47. The molecule has 0 bridgehead atoms. The van der Waals surface area contributed by atoms with Gasteiger partial charge >= 0.3 is 11.9 Å². The summed E-state index contributed by atoms with van der Waals surface area (Å²) in [6.45, 7) is 0.272. The minimum atomic E-state index is -1.11. The molecule has 0 aromatic rings. The van der Waals surface area contributed by atoms with Crippen molar-refractivity contribution in [2.75, 3.05) is 18.6 Å². The zero-order valence-electron chi connectivity index (χ0n) is 14.1. The molecule has 0 spiro atoms. The van der Waals surface area contributed by atoms with Crippen LogP contribution in [0.2, 0.25) is 0 Å². The van der Waals surface area contributed by atoms with Gasteiger partial charge in [-0.1, -0.05) is 0 Å². The van der Waals surface area contributed by atoms with Crippen molar-refractivity contribution in [1.29, 1.82) is 0 Å². The Balaban J connectivity index is 2.80. The highest BCUT2D eigenvalue weighted by atomic mass is 32.2. The first-order chi connectivity index (χ1) is 11.8. The van der Waals surface area contributed by atoms with Crippen LogP contribution in [0.3, 0.4) is 0 Å². The van der Waals surface area contributed by atoms with Crippen LogP contribution in [0.1, 0.15) is 32.1 Å². The third-order valence-electron chi connectivity index (χ3n) is 4.05. The van der Waals surface area contributed by atoms with Gasteiger partial charge in [-0.3, -0.25) is 14.4 Å². The van der Waals surface area contributed by atoms with Gasteiger partial charge in [0.05, 0.1) is 6.04 Å². The summed E-state index contributed by atoms with van der Waals surface area (Å²) >= 11 is 1.53. The fourth-order valence-electron chi connectivity index (χ4n) is 2.67. The quantitative estimate of drug-likeness (QED) is 0.399. The van der Waals surface area contributed by atoms with Crippen LogP contribution in [0.5, 0.6) is 0 Å². The molecule has 2 amide bonds. The maximum Gasteiger partial charge on any atom is 0.326 e. The summed E-state index contributed by atoms with van der Waals surface area (Å²) in [7, 11) is 0. The lowest BCUT2D eigenvalue weighted by Gasteiger charge is -2.27. The molecule has 0 aromatic carbocycles. The Bertz CT molecular complexity index is 515. The van der Waals surface area contributed by atoms with Gasteiger partial charge in [-0.15, -0.1) is 0 Å². The zero-order valence-corrected chi connectivity index (χ0v) is 15.0. The molecule has 0 unspecified atom stereocenters. The van der Waals surface area contributed by atoms with Crippen LogP contribution in [0.25, 0.3) is 0 Å². The monoisotopic (exact) mass is 375 g/mol. The van der Waals surface area contributed by atoms with E-state index in [4.69, 9.17) is 10.8 Å². The number of carboxylic acids is 2. The Morgan fingerprint density at radius 3 is 2.52 bits per heavy atom. The van der Waals surface area contributed by atoms with E-state index >= 15 is 0 Å². The molecule has 3 atom stereocenters. The highest BCUT2D eigenvalue weighted by molar-refractivity contribution is 7.98. The van der Waals surface area contributed by atoms with Crippen LogP contribution in [0.4, 0.5) is 0 Å². The van der Waals surface area contributed by atoms with Gasteiger partial charge in [0.2, 0.25) is 11.8 Å². The lowest BCUT2D eigenvalue weighted by Crippen LogP contribution is -2.54. The molecule has 5 N–H and O–H groups in total. The number of hydrogen-bond donors (Lipinski definition) is 4. The van der Waals surface area contributed by atoms with Gasteiger partial charge in [0.25, 0.3) is 0 Å². The van der Waals surface area contributed by atoms with Crippen LogP contribution in [-0.2, 0) is 19.2 Å². The molecule has 1 saturated heterocycles. The number of nitrogens with zero attached hydrogens (tertiary/aromatic N) is 1. The van der Waals surface area contributed by atoms with Crippen molar-refractivity contribution in [2.24, 2.45) is 5.73 Å². The van der Waals surface area contributed by atoms with Crippen molar-refractivity contribution >= 4 is 35.5 Å². The van der Waals surface area contributed by atoms with Gasteiger partial charge in [-0.05, 0) is 37.7 Å². The maximum absolute atomic E-state index is 12.7. The van der Waals surface area contributed by atoms with E-state index in [-0.39, 0.29) is 19.4 Å². The largest absolute Gasteiger partial charge is 0.481 e. The van der Waals surface area contributed by atoms with Gasteiger partial charge in [0.1, 0.15) is 12.1 Å². The molecule has 10 heteroatoms. The molecule has 0 radical (unpaired) electrons. The van der Waals surface area contributed by atoms with Gasteiger partial charge in [0.15, 0.2) is 0 Å². The topological polar surface area (TPSA) is 150 Å². The molecule has 1 heterocycles. The van der Waals surface area contributed by atoms with E-state index in [0.717, 1.165) is 0 Å². The first kappa shape index (κ1) is 21.2. The average molecular weight is 375 g/mol. The molecule has 1 rings (SSSR count). The molecular weight excluding hydrogens is 350 g/mol. The summed E-state index contributed by atoms with van der Waals surface area (Å²) in [5.74, 6) is -2.64. The Kier molecular flexibility index (Phi) is 8.70. The highest BCUT2D eigenvalue weighted by Gasteiger charge is 2.38. The van der Waals surface area contributed by atoms with Crippen molar-refractivity contribution in [3.8, 4) is 0 Å². The summed E-state index contributed by atoms with van der Waals surface area (Å²) in [4.78, 5) is 48.1. The third kappa shape index (κ3) is 6.54.